The Balaban J connectivity index is 0.000000182. The third-order valence-corrected chi connectivity index (χ3v) is 18.4. The van der Waals surface area contributed by atoms with Crippen LogP contribution in [-0.4, -0.2) is 116 Å². The van der Waals surface area contributed by atoms with Crippen molar-refractivity contribution < 1.29 is 36.0 Å². The number of nitrogens with zero attached hydrogens (tertiary/aromatic N) is 8. The number of rotatable bonds is 13. The predicted molar refractivity (Wildman–Crippen MR) is 337 cm³/mol. The van der Waals surface area contributed by atoms with Gasteiger partial charge in [-0.25, -0.2) is 49.5 Å². The largest absolute Gasteiger partial charge is 0.444 e. The molecule has 2 aliphatic rings. The van der Waals surface area contributed by atoms with E-state index < -0.39 is 31.7 Å². The maximum absolute atomic E-state index is 13.6. The molecular weight excluding hydrogens is 1190 g/mol. The fourth-order valence-corrected chi connectivity index (χ4v) is 13.5. The summed E-state index contributed by atoms with van der Waals surface area (Å²) in [6.45, 7) is 7.38. The Morgan fingerprint density at radius 2 is 0.966 bits per heavy atom. The Morgan fingerprint density at radius 1 is 0.563 bits per heavy atom. The molecule has 0 spiro atoms. The van der Waals surface area contributed by atoms with E-state index >= 15 is 0 Å². The van der Waals surface area contributed by atoms with Gasteiger partial charge in [0.25, 0.3) is 31.9 Å². The predicted octanol–water partition coefficient (Wildman–Crippen LogP) is 11.6. The summed E-state index contributed by atoms with van der Waals surface area (Å²) in [5, 5.41) is 11.2. The van der Waals surface area contributed by atoms with Gasteiger partial charge in [0, 0.05) is 95.1 Å². The van der Waals surface area contributed by atoms with Crippen LogP contribution in [0.15, 0.2) is 192 Å². The van der Waals surface area contributed by atoms with Crippen LogP contribution in [0.3, 0.4) is 0 Å². The molecule has 87 heavy (non-hydrogen) atoms. The highest BCUT2D eigenvalue weighted by Gasteiger charge is 2.31. The van der Waals surface area contributed by atoms with Crippen LogP contribution in [0, 0.1) is 0 Å². The lowest BCUT2D eigenvalue weighted by Gasteiger charge is -2.20. The summed E-state index contributed by atoms with van der Waals surface area (Å²) >= 11 is 13.2. The van der Waals surface area contributed by atoms with E-state index in [1.807, 2.05) is 24.3 Å². The zero-order valence-electron chi connectivity index (χ0n) is 47.2. The van der Waals surface area contributed by atoms with E-state index in [0.717, 1.165) is 6.42 Å². The van der Waals surface area contributed by atoms with Crippen molar-refractivity contribution in [3.8, 4) is 22.5 Å². The van der Waals surface area contributed by atoms with Crippen molar-refractivity contribution in [1.82, 2.24) is 37.7 Å². The van der Waals surface area contributed by atoms with Gasteiger partial charge in [0.05, 0.1) is 54.7 Å². The summed E-state index contributed by atoms with van der Waals surface area (Å²) in [6, 6.07) is 44.2. The fourth-order valence-electron chi connectivity index (χ4n) is 10.3. The molecule has 5 N–H and O–H groups in total. The van der Waals surface area contributed by atoms with Gasteiger partial charge in [0.15, 0.2) is 0 Å². The van der Waals surface area contributed by atoms with E-state index in [4.69, 9.17) is 38.7 Å². The number of nitrogen functional groups attached to an aromatic ring is 1. The normalized spacial score (nSPS) is 15.2. The molecule has 2 saturated heterocycles. The lowest BCUT2D eigenvalue weighted by atomic mass is 10.1. The van der Waals surface area contributed by atoms with Crippen molar-refractivity contribution in [2.24, 2.45) is 0 Å². The number of hydrogen-bond donors (Lipinski definition) is 4. The molecule has 2 atom stereocenters. The first-order valence-electron chi connectivity index (χ1n) is 27.6. The minimum absolute atomic E-state index is 0.0607. The Labute approximate surface area is 512 Å². The summed E-state index contributed by atoms with van der Waals surface area (Å²) < 4.78 is 62.0. The molecule has 12 rings (SSSR count). The highest BCUT2D eigenvalue weighted by Crippen LogP contribution is 2.38. The van der Waals surface area contributed by atoms with Gasteiger partial charge in [-0.15, -0.1) is 0 Å². The summed E-state index contributed by atoms with van der Waals surface area (Å²) in [4.78, 5) is 60.2. The maximum atomic E-state index is 13.6. The third kappa shape index (κ3) is 12.9. The van der Waals surface area contributed by atoms with Gasteiger partial charge >= 0.3 is 6.09 Å². The summed E-state index contributed by atoms with van der Waals surface area (Å²) in [7, 11) is -7.76. The third-order valence-electron chi connectivity index (χ3n) is 14.5. The van der Waals surface area contributed by atoms with E-state index in [-0.39, 0.29) is 43.7 Å². The van der Waals surface area contributed by atoms with Crippen LogP contribution >= 0.6 is 23.2 Å². The number of benzene rings is 6. The molecule has 2 fully saturated rings. The van der Waals surface area contributed by atoms with Crippen molar-refractivity contribution >= 4 is 106 Å². The molecule has 4 aromatic heterocycles. The molecule has 0 aliphatic carbocycles. The molecule has 0 saturated carbocycles. The molecule has 0 bridgehead atoms. The number of anilines is 4. The smallest absolute Gasteiger partial charge is 0.412 e. The number of aromatic nitrogens is 6. The monoisotopic (exact) mass is 1240 g/mol. The second kappa shape index (κ2) is 24.6. The number of halogens is 2. The summed E-state index contributed by atoms with van der Waals surface area (Å²) in [5.41, 5.74) is 10.2. The lowest BCUT2D eigenvalue weighted by Crippen LogP contribution is -2.32. The second-order valence-corrected chi connectivity index (χ2v) is 26.2. The van der Waals surface area contributed by atoms with Crippen LogP contribution in [0.1, 0.15) is 54.3 Å². The van der Waals surface area contributed by atoms with E-state index in [1.165, 1.54) is 26.5 Å². The van der Waals surface area contributed by atoms with Gasteiger partial charge in [-0.3, -0.25) is 14.9 Å². The van der Waals surface area contributed by atoms with Crippen molar-refractivity contribution in [1.29, 1.82) is 0 Å². The maximum Gasteiger partial charge on any atom is 0.412 e. The summed E-state index contributed by atoms with van der Waals surface area (Å²) in [6.07, 6.45) is 6.88. The van der Waals surface area contributed by atoms with Crippen molar-refractivity contribution in [3.63, 3.8) is 0 Å². The number of carbonyl (C=O) groups is 3. The number of fused-ring (bicyclic) bond motifs is 2. The van der Waals surface area contributed by atoms with Crippen LogP contribution in [0.4, 0.5) is 28.1 Å². The summed E-state index contributed by atoms with van der Waals surface area (Å²) in [5.74, 6) is 0.454. The van der Waals surface area contributed by atoms with Gasteiger partial charge < -0.3 is 30.9 Å². The number of nitrogens with two attached hydrogens (primary N) is 1. The van der Waals surface area contributed by atoms with Crippen molar-refractivity contribution in [3.05, 3.63) is 204 Å². The number of carbonyl (C=O) groups excluding carboxylic acids is 3. The van der Waals surface area contributed by atoms with Crippen LogP contribution in [0.2, 0.25) is 10.0 Å². The average molecular weight is 1250 g/mol. The number of nitrogens with one attached hydrogen (secondary N) is 3. The van der Waals surface area contributed by atoms with E-state index in [1.54, 1.807) is 170 Å². The topological polar surface area (TPSA) is 259 Å². The molecule has 0 unspecified atom stereocenters. The van der Waals surface area contributed by atoms with Gasteiger partial charge in [-0.2, -0.15) is 0 Å². The highest BCUT2D eigenvalue weighted by molar-refractivity contribution is 7.90. The number of para-hydroxylation sites is 2. The van der Waals surface area contributed by atoms with Gasteiger partial charge in [-0.1, -0.05) is 96.0 Å². The molecular formula is C63H58Cl2N12O8S2. The quantitative estimate of drug-likeness (QED) is 0.0783. The molecule has 3 amide bonds. The van der Waals surface area contributed by atoms with Crippen LogP contribution < -0.4 is 21.7 Å². The van der Waals surface area contributed by atoms with E-state index in [9.17, 15) is 31.2 Å². The molecule has 0 radical (unpaired) electrons. The zero-order valence-corrected chi connectivity index (χ0v) is 50.4. The lowest BCUT2D eigenvalue weighted by molar-refractivity contribution is 0.0635. The van der Waals surface area contributed by atoms with Gasteiger partial charge in [0.2, 0.25) is 11.9 Å². The first-order valence-corrected chi connectivity index (χ1v) is 31.3. The fraction of sp³-hybridized carbons (Fsp3) is 0.190. The molecule has 24 heteroatoms. The van der Waals surface area contributed by atoms with Crippen LogP contribution in [0.25, 0.3) is 44.3 Å². The van der Waals surface area contributed by atoms with E-state index in [0.29, 0.717) is 111 Å². The Bertz CT molecular complexity index is 4450. The first-order chi connectivity index (χ1) is 41.7. The molecule has 6 heterocycles. The minimum Gasteiger partial charge on any atom is -0.444 e. The Morgan fingerprint density at radius 3 is 1.39 bits per heavy atom. The van der Waals surface area contributed by atoms with Gasteiger partial charge in [0.1, 0.15) is 5.60 Å². The second-order valence-electron chi connectivity index (χ2n) is 21.7. The van der Waals surface area contributed by atoms with Crippen molar-refractivity contribution in [2.75, 3.05) is 47.9 Å². The number of hydrogen-bond acceptors (Lipinski definition) is 15. The number of likely N-dealkylation sites (tertiary alicyclic amines) is 2. The van der Waals surface area contributed by atoms with Gasteiger partial charge in [-0.05, 0) is 119 Å². The standard InChI is InChI=1S/C34H33ClN6O5S.C29H25ClN6O3S/c1-34(2,3)46-33(43)38-23-15-13-22(14-16-23)31(42)40-18-17-24(20-40)37-32-36-19-28(35)30(39-32)27-21-41(29-12-8-7-11-26(27)29)47(44,45)25-9-5-4-6-10-25;30-25-16-32-29(33-21-14-15-35(17-21)28(37)19-10-12-20(31)13-11-19)34-27(25)24-18-36(26-9-5-4-8-23(24)26)40(38,39)22-6-2-1-3-7-22/h4-16,19,21,24H,17-18,20H2,1-3H3,(H,38,43)(H,36,37,39);1-13,16,18,21H,14-15,17,31H2,(H,32,33,34)/t24-;21-/m00/s1. The number of amides is 3. The van der Waals surface area contributed by atoms with Crippen LogP contribution in [-0.2, 0) is 24.8 Å². The Hall–Kier alpha value is -9.35. The molecule has 10 aromatic rings. The van der Waals surface area contributed by atoms with Crippen molar-refractivity contribution in [2.45, 2.75) is 61.1 Å². The van der Waals surface area contributed by atoms with Crippen LogP contribution in [0.5, 0.6) is 0 Å². The minimum atomic E-state index is -3.89. The molecule has 6 aromatic carbocycles. The molecule has 20 nitrogen and oxygen atoms in total. The molecule has 2 aliphatic heterocycles. The number of ether oxygens (including phenoxy) is 1. The molecule has 444 valence electrons. The average Bonchev–Trinajstić information content (AvgIpc) is 1.69. The SMILES string of the molecule is CC(C)(C)OC(=O)Nc1ccc(C(=O)N2CC[C@H](Nc3ncc(Cl)c(-c4cn(S(=O)(=O)c5ccccc5)c5ccccc45)n3)C2)cc1.Nc1ccc(C(=O)N2CC[C@H](Nc3ncc(Cl)c(-c4cn(S(=O)(=O)c5ccccc5)c5ccccc45)n3)C2)cc1. The van der Waals surface area contributed by atoms with E-state index in [2.05, 4.69) is 30.9 Å². The highest BCUT2D eigenvalue weighted by atomic mass is 35.5. The zero-order chi connectivity index (χ0) is 61.2. The first kappa shape index (κ1) is 59.4. The Kier molecular flexibility index (Phi) is 16.8.